The predicted octanol–water partition coefficient (Wildman–Crippen LogP) is 1.36. The molecule has 5 nitrogen and oxygen atoms in total. The van der Waals surface area contributed by atoms with Gasteiger partial charge in [0.25, 0.3) is 0 Å². The summed E-state index contributed by atoms with van der Waals surface area (Å²) in [6, 6.07) is 0. The van der Waals surface area contributed by atoms with Gasteiger partial charge in [-0.2, -0.15) is 0 Å². The normalized spacial score (nSPS) is 20.9. The summed E-state index contributed by atoms with van der Waals surface area (Å²) in [4.78, 5) is 24.1. The van der Waals surface area contributed by atoms with Crippen LogP contribution in [0.5, 0.6) is 0 Å². The summed E-state index contributed by atoms with van der Waals surface area (Å²) < 4.78 is 10.3. The van der Waals surface area contributed by atoms with Gasteiger partial charge in [-0.15, -0.1) is 0 Å². The molecule has 2 atom stereocenters. The number of hydrogen-bond acceptors (Lipinski definition) is 4. The lowest BCUT2D eigenvalue weighted by Gasteiger charge is -2.28. The Hall–Kier alpha value is -1.10. The van der Waals surface area contributed by atoms with Gasteiger partial charge in [0, 0.05) is 19.1 Å². The Labute approximate surface area is 115 Å². The Morgan fingerprint density at radius 2 is 2.11 bits per heavy atom. The fourth-order valence-electron chi connectivity index (χ4n) is 2.17. The number of esters is 1. The quantitative estimate of drug-likeness (QED) is 0.606. The maximum absolute atomic E-state index is 12.2. The molecule has 0 saturated carbocycles. The van der Waals surface area contributed by atoms with E-state index in [0.717, 1.165) is 13.0 Å². The summed E-state index contributed by atoms with van der Waals surface area (Å²) in [5, 5.41) is 2.85. The van der Waals surface area contributed by atoms with Gasteiger partial charge in [0.2, 0.25) is 5.91 Å². The Morgan fingerprint density at radius 3 is 2.58 bits per heavy atom. The second kappa shape index (κ2) is 6.89. The van der Waals surface area contributed by atoms with Crippen molar-refractivity contribution in [1.29, 1.82) is 0 Å². The molecular formula is C14H25NO4. The number of rotatable bonds is 5. The molecule has 1 heterocycles. The molecule has 0 aromatic carbocycles. The van der Waals surface area contributed by atoms with Crippen molar-refractivity contribution in [3.63, 3.8) is 0 Å². The molecule has 1 fully saturated rings. The molecule has 0 aromatic rings. The Kier molecular flexibility index (Phi) is 5.79. The first-order valence-electron chi connectivity index (χ1n) is 6.88. The van der Waals surface area contributed by atoms with Gasteiger partial charge in [-0.1, -0.05) is 20.8 Å². The zero-order chi connectivity index (χ0) is 14.5. The van der Waals surface area contributed by atoms with E-state index in [1.807, 2.05) is 20.8 Å². The van der Waals surface area contributed by atoms with Gasteiger partial charge < -0.3 is 14.8 Å². The standard InChI is InChI=1S/C14H25NO4/c1-5-19-13(17)11(14(2,3)4)12(16)15-8-10-6-7-18-9-10/h10-11H,5-9H2,1-4H3,(H,15,16). The number of amides is 1. The third kappa shape index (κ3) is 4.82. The predicted molar refractivity (Wildman–Crippen MR) is 71.5 cm³/mol. The topological polar surface area (TPSA) is 64.6 Å². The van der Waals surface area contributed by atoms with Crippen LogP contribution in [0.4, 0.5) is 0 Å². The van der Waals surface area contributed by atoms with Gasteiger partial charge in [-0.3, -0.25) is 9.59 Å². The molecule has 0 radical (unpaired) electrons. The minimum Gasteiger partial charge on any atom is -0.465 e. The van der Waals surface area contributed by atoms with Gasteiger partial charge in [-0.05, 0) is 18.8 Å². The lowest BCUT2D eigenvalue weighted by Crippen LogP contribution is -2.45. The number of hydrogen-bond donors (Lipinski definition) is 1. The zero-order valence-corrected chi connectivity index (χ0v) is 12.3. The smallest absolute Gasteiger partial charge is 0.319 e. The second-order valence-electron chi connectivity index (χ2n) is 6.03. The van der Waals surface area contributed by atoms with Crippen LogP contribution in [0.1, 0.15) is 34.1 Å². The van der Waals surface area contributed by atoms with Gasteiger partial charge in [0.05, 0.1) is 13.2 Å². The molecule has 0 aliphatic carbocycles. The first-order valence-corrected chi connectivity index (χ1v) is 6.88. The van der Waals surface area contributed by atoms with E-state index in [2.05, 4.69) is 5.32 Å². The van der Waals surface area contributed by atoms with E-state index < -0.39 is 17.3 Å². The molecular weight excluding hydrogens is 246 g/mol. The van der Waals surface area contributed by atoms with Crippen LogP contribution < -0.4 is 5.32 Å². The lowest BCUT2D eigenvalue weighted by atomic mass is 9.80. The molecule has 1 N–H and O–H groups in total. The van der Waals surface area contributed by atoms with Crippen molar-refractivity contribution in [1.82, 2.24) is 5.32 Å². The molecule has 5 heteroatoms. The lowest BCUT2D eigenvalue weighted by molar-refractivity contribution is -0.156. The summed E-state index contributed by atoms with van der Waals surface area (Å²) in [6.07, 6.45) is 0.958. The van der Waals surface area contributed by atoms with Crippen LogP contribution in [-0.4, -0.2) is 38.2 Å². The van der Waals surface area contributed by atoms with Crippen molar-refractivity contribution in [2.24, 2.45) is 17.3 Å². The molecule has 2 unspecified atom stereocenters. The molecule has 1 aliphatic rings. The van der Waals surface area contributed by atoms with Crippen molar-refractivity contribution >= 4 is 11.9 Å². The molecule has 1 saturated heterocycles. The highest BCUT2D eigenvalue weighted by Crippen LogP contribution is 2.27. The summed E-state index contributed by atoms with van der Waals surface area (Å²) in [5.41, 5.74) is -0.456. The summed E-state index contributed by atoms with van der Waals surface area (Å²) in [7, 11) is 0. The van der Waals surface area contributed by atoms with E-state index in [9.17, 15) is 9.59 Å². The number of ether oxygens (including phenoxy) is 2. The van der Waals surface area contributed by atoms with Gasteiger partial charge in [0.15, 0.2) is 0 Å². The van der Waals surface area contributed by atoms with Crippen molar-refractivity contribution in [2.75, 3.05) is 26.4 Å². The third-order valence-corrected chi connectivity index (χ3v) is 3.24. The van der Waals surface area contributed by atoms with Crippen LogP contribution in [0.15, 0.2) is 0 Å². The fourth-order valence-corrected chi connectivity index (χ4v) is 2.17. The first kappa shape index (κ1) is 16.0. The average Bonchev–Trinajstić information content (AvgIpc) is 2.77. The summed E-state index contributed by atoms with van der Waals surface area (Å²) in [6.45, 7) is 9.62. The highest BCUT2D eigenvalue weighted by Gasteiger charge is 2.39. The number of carbonyl (C=O) groups is 2. The monoisotopic (exact) mass is 271 g/mol. The van der Waals surface area contributed by atoms with Crippen LogP contribution in [0.25, 0.3) is 0 Å². The van der Waals surface area contributed by atoms with Crippen LogP contribution in [0.3, 0.4) is 0 Å². The van der Waals surface area contributed by atoms with Gasteiger partial charge in [-0.25, -0.2) is 0 Å². The van der Waals surface area contributed by atoms with Crippen molar-refractivity contribution in [3.8, 4) is 0 Å². The summed E-state index contributed by atoms with van der Waals surface area (Å²) >= 11 is 0. The molecule has 1 aliphatic heterocycles. The fraction of sp³-hybridized carbons (Fsp3) is 0.857. The minimum atomic E-state index is -0.769. The highest BCUT2D eigenvalue weighted by atomic mass is 16.5. The molecule has 1 rings (SSSR count). The number of nitrogens with one attached hydrogen (secondary N) is 1. The van der Waals surface area contributed by atoms with E-state index >= 15 is 0 Å². The van der Waals surface area contributed by atoms with E-state index in [-0.39, 0.29) is 12.5 Å². The first-order chi connectivity index (χ1) is 8.86. The van der Waals surface area contributed by atoms with E-state index in [0.29, 0.717) is 19.1 Å². The molecule has 0 spiro atoms. The molecule has 1 amide bonds. The summed E-state index contributed by atoms with van der Waals surface area (Å²) in [5.74, 6) is -1.12. The third-order valence-electron chi connectivity index (χ3n) is 3.24. The Morgan fingerprint density at radius 1 is 1.42 bits per heavy atom. The maximum atomic E-state index is 12.2. The zero-order valence-electron chi connectivity index (χ0n) is 12.3. The SMILES string of the molecule is CCOC(=O)C(C(=O)NCC1CCOC1)C(C)(C)C. The van der Waals surface area contributed by atoms with Gasteiger partial charge >= 0.3 is 5.97 Å². The van der Waals surface area contributed by atoms with Crippen molar-refractivity contribution in [3.05, 3.63) is 0 Å². The van der Waals surface area contributed by atoms with Crippen molar-refractivity contribution < 1.29 is 19.1 Å². The Balaban J connectivity index is 2.58. The van der Waals surface area contributed by atoms with E-state index in [1.165, 1.54) is 0 Å². The van der Waals surface area contributed by atoms with E-state index in [4.69, 9.17) is 9.47 Å². The maximum Gasteiger partial charge on any atom is 0.319 e. The molecule has 0 aromatic heterocycles. The number of carbonyl (C=O) groups excluding carboxylic acids is 2. The molecule has 19 heavy (non-hydrogen) atoms. The largest absolute Gasteiger partial charge is 0.465 e. The Bertz CT molecular complexity index is 316. The minimum absolute atomic E-state index is 0.252. The van der Waals surface area contributed by atoms with Crippen LogP contribution in [-0.2, 0) is 19.1 Å². The molecule has 110 valence electrons. The molecule has 0 bridgehead atoms. The van der Waals surface area contributed by atoms with Crippen LogP contribution in [0.2, 0.25) is 0 Å². The van der Waals surface area contributed by atoms with Crippen molar-refractivity contribution in [2.45, 2.75) is 34.1 Å². The second-order valence-corrected chi connectivity index (χ2v) is 6.03. The van der Waals surface area contributed by atoms with Crippen LogP contribution >= 0.6 is 0 Å². The average molecular weight is 271 g/mol. The highest BCUT2D eigenvalue weighted by molar-refractivity contribution is 5.98. The van der Waals surface area contributed by atoms with Gasteiger partial charge in [0.1, 0.15) is 5.92 Å². The van der Waals surface area contributed by atoms with E-state index in [1.54, 1.807) is 6.92 Å². The van der Waals surface area contributed by atoms with Crippen LogP contribution in [0, 0.1) is 17.3 Å².